The monoisotopic (exact) mass is 289 g/mol. The Bertz CT molecular complexity index is 435. The van der Waals surface area contributed by atoms with Crippen LogP contribution in [0.2, 0.25) is 0 Å². The summed E-state index contributed by atoms with van der Waals surface area (Å²) in [7, 11) is 0. The van der Waals surface area contributed by atoms with Crippen LogP contribution in [0.1, 0.15) is 32.3 Å². The van der Waals surface area contributed by atoms with Crippen LogP contribution in [0.5, 0.6) is 0 Å². The van der Waals surface area contributed by atoms with Crippen LogP contribution < -0.4 is 10.6 Å². The SMILES string of the molecule is CCNC(=O)C(C)NC1CCCN(Cc2ccccc2)C1. The highest BCUT2D eigenvalue weighted by Crippen LogP contribution is 2.14. The third-order valence-electron chi connectivity index (χ3n) is 3.98. The molecule has 2 N–H and O–H groups in total. The average molecular weight is 289 g/mol. The molecule has 0 saturated carbocycles. The van der Waals surface area contributed by atoms with Crippen molar-refractivity contribution in [2.24, 2.45) is 0 Å². The molecule has 116 valence electrons. The quantitative estimate of drug-likeness (QED) is 0.839. The summed E-state index contributed by atoms with van der Waals surface area (Å²) in [5, 5.41) is 6.34. The number of piperidine rings is 1. The Hall–Kier alpha value is -1.39. The second-order valence-corrected chi connectivity index (χ2v) is 5.84. The number of hydrogen-bond donors (Lipinski definition) is 2. The summed E-state index contributed by atoms with van der Waals surface area (Å²) in [5.74, 6) is 0.0951. The Morgan fingerprint density at radius 2 is 2.14 bits per heavy atom. The van der Waals surface area contributed by atoms with Gasteiger partial charge in [-0.3, -0.25) is 9.69 Å². The summed E-state index contributed by atoms with van der Waals surface area (Å²) in [5.41, 5.74) is 1.36. The van der Waals surface area contributed by atoms with Gasteiger partial charge in [0, 0.05) is 25.7 Å². The van der Waals surface area contributed by atoms with Crippen molar-refractivity contribution in [1.82, 2.24) is 15.5 Å². The molecule has 0 aromatic heterocycles. The highest BCUT2D eigenvalue weighted by Gasteiger charge is 2.23. The Morgan fingerprint density at radius 3 is 2.86 bits per heavy atom. The number of likely N-dealkylation sites (tertiary alicyclic amines) is 1. The lowest BCUT2D eigenvalue weighted by molar-refractivity contribution is -0.122. The first-order valence-electron chi connectivity index (χ1n) is 7.99. The van der Waals surface area contributed by atoms with Crippen molar-refractivity contribution >= 4 is 5.91 Å². The minimum atomic E-state index is -0.119. The van der Waals surface area contributed by atoms with Crippen molar-refractivity contribution in [2.45, 2.75) is 45.3 Å². The number of nitrogens with zero attached hydrogens (tertiary/aromatic N) is 1. The van der Waals surface area contributed by atoms with Gasteiger partial charge in [0.25, 0.3) is 0 Å². The summed E-state index contributed by atoms with van der Waals surface area (Å²) < 4.78 is 0. The fourth-order valence-electron chi connectivity index (χ4n) is 2.93. The van der Waals surface area contributed by atoms with Crippen LogP contribution in [0.25, 0.3) is 0 Å². The largest absolute Gasteiger partial charge is 0.355 e. The molecule has 1 saturated heterocycles. The predicted octanol–water partition coefficient (Wildman–Crippen LogP) is 1.77. The first kappa shape index (κ1) is 16.0. The minimum Gasteiger partial charge on any atom is -0.355 e. The third kappa shape index (κ3) is 5.14. The predicted molar refractivity (Wildman–Crippen MR) is 86.0 cm³/mol. The van der Waals surface area contributed by atoms with Gasteiger partial charge in [0.15, 0.2) is 0 Å². The molecule has 2 rings (SSSR count). The van der Waals surface area contributed by atoms with Gasteiger partial charge in [-0.1, -0.05) is 30.3 Å². The zero-order valence-electron chi connectivity index (χ0n) is 13.1. The molecular weight excluding hydrogens is 262 g/mol. The molecule has 21 heavy (non-hydrogen) atoms. The molecular formula is C17H27N3O. The van der Waals surface area contributed by atoms with Crippen molar-refractivity contribution < 1.29 is 4.79 Å². The molecule has 1 aliphatic heterocycles. The van der Waals surface area contributed by atoms with E-state index in [1.54, 1.807) is 0 Å². The van der Waals surface area contributed by atoms with Crippen molar-refractivity contribution in [3.05, 3.63) is 35.9 Å². The number of nitrogens with one attached hydrogen (secondary N) is 2. The topological polar surface area (TPSA) is 44.4 Å². The first-order chi connectivity index (χ1) is 10.2. The molecule has 0 aliphatic carbocycles. The van der Waals surface area contributed by atoms with E-state index in [2.05, 4.69) is 45.9 Å². The zero-order chi connectivity index (χ0) is 15.1. The van der Waals surface area contributed by atoms with Crippen LogP contribution >= 0.6 is 0 Å². The van der Waals surface area contributed by atoms with Gasteiger partial charge < -0.3 is 10.6 Å². The molecule has 4 nitrogen and oxygen atoms in total. The first-order valence-corrected chi connectivity index (χ1v) is 7.99. The van der Waals surface area contributed by atoms with Gasteiger partial charge in [0.2, 0.25) is 5.91 Å². The Morgan fingerprint density at radius 1 is 1.38 bits per heavy atom. The average Bonchev–Trinajstić information content (AvgIpc) is 2.49. The molecule has 1 aromatic carbocycles. The number of carbonyl (C=O) groups is 1. The standard InChI is InChI=1S/C17H27N3O/c1-3-18-17(21)14(2)19-16-10-7-11-20(13-16)12-15-8-5-4-6-9-15/h4-6,8-9,14,16,19H,3,7,10-13H2,1-2H3,(H,18,21). The van der Waals surface area contributed by atoms with E-state index in [4.69, 9.17) is 0 Å². The summed E-state index contributed by atoms with van der Waals surface area (Å²) in [6.07, 6.45) is 2.33. The second kappa shape index (κ2) is 8.15. The van der Waals surface area contributed by atoms with E-state index in [0.717, 1.165) is 26.1 Å². The molecule has 1 aliphatic rings. The maximum atomic E-state index is 11.8. The van der Waals surface area contributed by atoms with E-state index >= 15 is 0 Å². The Labute approximate surface area is 127 Å². The second-order valence-electron chi connectivity index (χ2n) is 5.84. The zero-order valence-corrected chi connectivity index (χ0v) is 13.1. The molecule has 1 heterocycles. The van der Waals surface area contributed by atoms with Crippen molar-refractivity contribution in [1.29, 1.82) is 0 Å². The number of likely N-dealkylation sites (N-methyl/N-ethyl adjacent to an activating group) is 1. The smallest absolute Gasteiger partial charge is 0.236 e. The summed E-state index contributed by atoms with van der Waals surface area (Å²) in [6, 6.07) is 10.9. The van der Waals surface area contributed by atoms with E-state index in [-0.39, 0.29) is 11.9 Å². The van der Waals surface area contributed by atoms with Crippen LogP contribution in [0.15, 0.2) is 30.3 Å². The third-order valence-corrected chi connectivity index (χ3v) is 3.98. The van der Waals surface area contributed by atoms with E-state index < -0.39 is 0 Å². The summed E-state index contributed by atoms with van der Waals surface area (Å²) >= 11 is 0. The Kier molecular flexibility index (Phi) is 6.21. The fraction of sp³-hybridized carbons (Fsp3) is 0.588. The van der Waals surface area contributed by atoms with Gasteiger partial charge in [0.1, 0.15) is 0 Å². The van der Waals surface area contributed by atoms with E-state index in [1.807, 2.05) is 13.8 Å². The molecule has 1 aromatic rings. The molecule has 0 spiro atoms. The van der Waals surface area contributed by atoms with Gasteiger partial charge in [-0.05, 0) is 38.8 Å². The molecule has 0 radical (unpaired) electrons. The number of amides is 1. The highest BCUT2D eigenvalue weighted by molar-refractivity contribution is 5.81. The van der Waals surface area contributed by atoms with Gasteiger partial charge in [-0.25, -0.2) is 0 Å². The Balaban J connectivity index is 1.82. The normalized spacial score (nSPS) is 21.0. The maximum absolute atomic E-state index is 11.8. The molecule has 0 bridgehead atoms. The number of carbonyl (C=O) groups excluding carboxylic acids is 1. The minimum absolute atomic E-state index is 0.0951. The molecule has 2 atom stereocenters. The van der Waals surface area contributed by atoms with Crippen molar-refractivity contribution in [3.63, 3.8) is 0 Å². The fourth-order valence-corrected chi connectivity index (χ4v) is 2.93. The lowest BCUT2D eigenvalue weighted by Gasteiger charge is -2.34. The molecule has 4 heteroatoms. The van der Waals surface area contributed by atoms with E-state index in [9.17, 15) is 4.79 Å². The van der Waals surface area contributed by atoms with Gasteiger partial charge in [-0.15, -0.1) is 0 Å². The van der Waals surface area contributed by atoms with E-state index in [1.165, 1.54) is 12.0 Å². The highest BCUT2D eigenvalue weighted by atomic mass is 16.2. The number of hydrogen-bond acceptors (Lipinski definition) is 3. The van der Waals surface area contributed by atoms with Gasteiger partial charge >= 0.3 is 0 Å². The molecule has 1 amide bonds. The van der Waals surface area contributed by atoms with Crippen molar-refractivity contribution in [2.75, 3.05) is 19.6 Å². The van der Waals surface area contributed by atoms with Crippen LogP contribution in [-0.2, 0) is 11.3 Å². The summed E-state index contributed by atoms with van der Waals surface area (Å²) in [4.78, 5) is 14.3. The number of rotatable bonds is 6. The lowest BCUT2D eigenvalue weighted by atomic mass is 10.0. The summed E-state index contributed by atoms with van der Waals surface area (Å²) in [6.45, 7) is 7.74. The van der Waals surface area contributed by atoms with Gasteiger partial charge in [0.05, 0.1) is 6.04 Å². The maximum Gasteiger partial charge on any atom is 0.236 e. The van der Waals surface area contributed by atoms with Crippen LogP contribution in [0.3, 0.4) is 0 Å². The number of benzene rings is 1. The van der Waals surface area contributed by atoms with Crippen LogP contribution in [-0.4, -0.2) is 42.5 Å². The lowest BCUT2D eigenvalue weighted by Crippen LogP contribution is -2.52. The molecule has 2 unspecified atom stereocenters. The van der Waals surface area contributed by atoms with Gasteiger partial charge in [-0.2, -0.15) is 0 Å². The van der Waals surface area contributed by atoms with Crippen LogP contribution in [0.4, 0.5) is 0 Å². The van der Waals surface area contributed by atoms with Crippen LogP contribution in [0, 0.1) is 0 Å². The molecule has 1 fully saturated rings. The van der Waals surface area contributed by atoms with Crippen molar-refractivity contribution in [3.8, 4) is 0 Å². The van der Waals surface area contributed by atoms with E-state index in [0.29, 0.717) is 12.6 Å².